The van der Waals surface area contributed by atoms with Crippen molar-refractivity contribution in [2.75, 3.05) is 0 Å². The standard InChI is InChI=1S/C11H12N4OS/c1-14-5-4-12-9(14)6-8-10(16)15(7-2-3-7)11(17)13-8/h4-7H,2-3H2,1H3,(H,13,17)/b8-6-. The van der Waals surface area contributed by atoms with E-state index in [0.29, 0.717) is 16.9 Å². The van der Waals surface area contributed by atoms with Crippen molar-refractivity contribution in [3.8, 4) is 0 Å². The molecule has 2 aliphatic rings. The van der Waals surface area contributed by atoms with Crippen LogP contribution in [0.3, 0.4) is 0 Å². The number of amides is 1. The maximum absolute atomic E-state index is 12.1. The third kappa shape index (κ3) is 1.74. The quantitative estimate of drug-likeness (QED) is 0.616. The van der Waals surface area contributed by atoms with E-state index in [1.807, 2.05) is 17.8 Å². The number of carbonyl (C=O) groups is 1. The number of nitrogens with zero attached hydrogens (tertiary/aromatic N) is 3. The highest BCUT2D eigenvalue weighted by Gasteiger charge is 2.41. The number of carbonyl (C=O) groups excluding carboxylic acids is 1. The molecular weight excluding hydrogens is 236 g/mol. The summed E-state index contributed by atoms with van der Waals surface area (Å²) in [6, 6.07) is 0.301. The van der Waals surface area contributed by atoms with Crippen molar-refractivity contribution in [1.82, 2.24) is 19.8 Å². The van der Waals surface area contributed by atoms with Gasteiger partial charge in [-0.2, -0.15) is 0 Å². The Kier molecular flexibility index (Phi) is 2.25. The molecule has 0 unspecified atom stereocenters. The largest absolute Gasteiger partial charge is 0.334 e. The van der Waals surface area contributed by atoms with Gasteiger partial charge in [-0.1, -0.05) is 0 Å². The van der Waals surface area contributed by atoms with Crippen LogP contribution < -0.4 is 5.32 Å². The summed E-state index contributed by atoms with van der Waals surface area (Å²) in [5.41, 5.74) is 0.510. The van der Waals surface area contributed by atoms with E-state index in [-0.39, 0.29) is 5.91 Å². The first kappa shape index (κ1) is 10.5. The molecule has 0 atom stereocenters. The Bertz CT molecular complexity index is 529. The van der Waals surface area contributed by atoms with Crippen molar-refractivity contribution in [2.24, 2.45) is 7.05 Å². The molecule has 0 aromatic carbocycles. The van der Waals surface area contributed by atoms with Gasteiger partial charge >= 0.3 is 0 Å². The van der Waals surface area contributed by atoms with E-state index in [4.69, 9.17) is 12.2 Å². The van der Waals surface area contributed by atoms with Crippen LogP contribution in [0.1, 0.15) is 18.7 Å². The Balaban J connectivity index is 1.90. The highest BCUT2D eigenvalue weighted by atomic mass is 32.1. The van der Waals surface area contributed by atoms with Crippen LogP contribution in [0.2, 0.25) is 0 Å². The summed E-state index contributed by atoms with van der Waals surface area (Å²) >= 11 is 5.17. The van der Waals surface area contributed by atoms with Crippen molar-refractivity contribution < 1.29 is 4.79 Å². The normalized spacial score (nSPS) is 22.4. The van der Waals surface area contributed by atoms with E-state index >= 15 is 0 Å². The predicted octanol–water partition coefficient (Wildman–Crippen LogP) is 0.640. The van der Waals surface area contributed by atoms with Gasteiger partial charge in [0.15, 0.2) is 5.11 Å². The second-order valence-corrected chi connectivity index (χ2v) is 4.68. The van der Waals surface area contributed by atoms with Gasteiger partial charge in [-0.15, -0.1) is 0 Å². The second kappa shape index (κ2) is 3.66. The minimum absolute atomic E-state index is 0.0412. The maximum Gasteiger partial charge on any atom is 0.276 e. The van der Waals surface area contributed by atoms with Gasteiger partial charge < -0.3 is 9.88 Å². The van der Waals surface area contributed by atoms with Gasteiger partial charge in [0.25, 0.3) is 5.91 Å². The predicted molar refractivity (Wildman–Crippen MR) is 66.8 cm³/mol. The topological polar surface area (TPSA) is 50.2 Å². The Morgan fingerprint density at radius 3 is 2.94 bits per heavy atom. The van der Waals surface area contributed by atoms with Crippen LogP contribution in [0.5, 0.6) is 0 Å². The van der Waals surface area contributed by atoms with E-state index in [1.165, 1.54) is 0 Å². The number of aromatic nitrogens is 2. The number of hydrogen-bond acceptors (Lipinski definition) is 3. The molecule has 2 heterocycles. The van der Waals surface area contributed by atoms with Gasteiger partial charge in [0.1, 0.15) is 11.5 Å². The molecule has 2 fully saturated rings. The van der Waals surface area contributed by atoms with Gasteiger partial charge in [0.2, 0.25) is 0 Å². The number of aryl methyl sites for hydroxylation is 1. The molecule has 0 spiro atoms. The van der Waals surface area contributed by atoms with E-state index in [1.54, 1.807) is 17.2 Å². The van der Waals surface area contributed by atoms with Crippen molar-refractivity contribution in [3.05, 3.63) is 23.9 Å². The van der Waals surface area contributed by atoms with Crippen LogP contribution in [0.4, 0.5) is 0 Å². The van der Waals surface area contributed by atoms with Crippen LogP contribution in [0.15, 0.2) is 18.1 Å². The molecular formula is C11H12N4OS. The smallest absolute Gasteiger partial charge is 0.276 e. The number of imidazole rings is 1. The van der Waals surface area contributed by atoms with Crippen LogP contribution in [-0.4, -0.2) is 31.5 Å². The fraction of sp³-hybridized carbons (Fsp3) is 0.364. The maximum atomic E-state index is 12.1. The van der Waals surface area contributed by atoms with Crippen molar-refractivity contribution >= 4 is 29.3 Å². The SMILES string of the molecule is Cn1ccnc1/C=C1\NC(=S)N(C2CC2)C1=O. The van der Waals surface area contributed by atoms with Crippen molar-refractivity contribution in [3.63, 3.8) is 0 Å². The zero-order valence-corrected chi connectivity index (χ0v) is 10.2. The molecule has 0 bridgehead atoms. The van der Waals surface area contributed by atoms with Crippen LogP contribution in [-0.2, 0) is 11.8 Å². The van der Waals surface area contributed by atoms with E-state index in [0.717, 1.165) is 18.7 Å². The number of nitrogens with one attached hydrogen (secondary N) is 1. The first-order chi connectivity index (χ1) is 8.16. The summed E-state index contributed by atoms with van der Waals surface area (Å²) in [5, 5.41) is 3.47. The Labute approximate surface area is 104 Å². The molecule has 6 heteroatoms. The molecule has 88 valence electrons. The molecule has 17 heavy (non-hydrogen) atoms. The minimum Gasteiger partial charge on any atom is -0.334 e. The van der Waals surface area contributed by atoms with Crippen LogP contribution in [0.25, 0.3) is 6.08 Å². The van der Waals surface area contributed by atoms with E-state index in [2.05, 4.69) is 10.3 Å². The average Bonchev–Trinajstić information content (AvgIpc) is 2.97. The zero-order valence-electron chi connectivity index (χ0n) is 9.38. The first-order valence-electron chi connectivity index (χ1n) is 5.50. The fourth-order valence-electron chi connectivity index (χ4n) is 1.86. The second-order valence-electron chi connectivity index (χ2n) is 4.29. The van der Waals surface area contributed by atoms with Gasteiger partial charge in [-0.3, -0.25) is 9.69 Å². The number of rotatable bonds is 2. The lowest BCUT2D eigenvalue weighted by molar-refractivity contribution is -0.122. The molecule has 1 aliphatic heterocycles. The van der Waals surface area contributed by atoms with Crippen molar-refractivity contribution in [1.29, 1.82) is 0 Å². The molecule has 1 aromatic heterocycles. The molecule has 1 saturated carbocycles. The number of thiocarbonyl (C=S) groups is 1. The minimum atomic E-state index is -0.0412. The van der Waals surface area contributed by atoms with Gasteiger partial charge in [-0.25, -0.2) is 4.98 Å². The lowest BCUT2D eigenvalue weighted by Crippen LogP contribution is -2.32. The Morgan fingerprint density at radius 2 is 2.35 bits per heavy atom. The van der Waals surface area contributed by atoms with Crippen molar-refractivity contribution in [2.45, 2.75) is 18.9 Å². The third-order valence-electron chi connectivity index (χ3n) is 2.95. The summed E-state index contributed by atoms with van der Waals surface area (Å²) in [5.74, 6) is 0.696. The van der Waals surface area contributed by atoms with Crippen LogP contribution in [0, 0.1) is 0 Å². The lowest BCUT2D eigenvalue weighted by Gasteiger charge is -2.11. The highest BCUT2D eigenvalue weighted by Crippen LogP contribution is 2.30. The Morgan fingerprint density at radius 1 is 1.59 bits per heavy atom. The fourth-order valence-corrected chi connectivity index (χ4v) is 2.20. The summed E-state index contributed by atoms with van der Waals surface area (Å²) in [4.78, 5) is 17.9. The van der Waals surface area contributed by atoms with Gasteiger partial charge in [-0.05, 0) is 25.1 Å². The summed E-state index contributed by atoms with van der Waals surface area (Å²) in [7, 11) is 1.88. The summed E-state index contributed by atoms with van der Waals surface area (Å²) in [6.45, 7) is 0. The highest BCUT2D eigenvalue weighted by molar-refractivity contribution is 7.80. The van der Waals surface area contributed by atoms with Gasteiger partial charge in [0, 0.05) is 31.6 Å². The molecule has 1 amide bonds. The molecule has 1 aliphatic carbocycles. The molecule has 0 radical (unpaired) electrons. The molecule has 5 nitrogen and oxygen atoms in total. The van der Waals surface area contributed by atoms with Gasteiger partial charge in [0.05, 0.1) is 0 Å². The molecule has 3 rings (SSSR count). The average molecular weight is 248 g/mol. The monoisotopic (exact) mass is 248 g/mol. The third-order valence-corrected chi connectivity index (χ3v) is 3.25. The summed E-state index contributed by atoms with van der Waals surface area (Å²) in [6.07, 6.45) is 7.36. The zero-order chi connectivity index (χ0) is 12.0. The van der Waals surface area contributed by atoms with E-state index < -0.39 is 0 Å². The first-order valence-corrected chi connectivity index (χ1v) is 5.91. The lowest BCUT2D eigenvalue weighted by atomic mass is 10.3. The molecule has 1 saturated heterocycles. The molecule has 1 aromatic rings. The Hall–Kier alpha value is -1.69. The summed E-state index contributed by atoms with van der Waals surface area (Å²) < 4.78 is 1.85. The molecule has 1 N–H and O–H groups in total. The van der Waals surface area contributed by atoms with Crippen LogP contribution >= 0.6 is 12.2 Å². The van der Waals surface area contributed by atoms with E-state index in [9.17, 15) is 4.79 Å². The number of hydrogen-bond donors (Lipinski definition) is 1.